The fourth-order valence-corrected chi connectivity index (χ4v) is 5.24. The summed E-state index contributed by atoms with van der Waals surface area (Å²) < 4.78 is 39.6. The van der Waals surface area contributed by atoms with E-state index in [0.29, 0.717) is 28.7 Å². The predicted octanol–water partition coefficient (Wildman–Crippen LogP) is 4.01. The highest BCUT2D eigenvalue weighted by atomic mass is 16.7. The van der Waals surface area contributed by atoms with Crippen LogP contribution in [0.3, 0.4) is 0 Å². The average molecular weight is 499 g/mol. The molecule has 1 aliphatic carbocycles. The lowest BCUT2D eigenvalue weighted by Crippen LogP contribution is -2.38. The van der Waals surface area contributed by atoms with Gasteiger partial charge in [-0.15, -0.1) is 0 Å². The Morgan fingerprint density at radius 1 is 0.889 bits per heavy atom. The summed E-state index contributed by atoms with van der Waals surface area (Å²) in [5, 5.41) is 0. The summed E-state index contributed by atoms with van der Waals surface area (Å²) in [5.41, 5.74) is 1.61. The van der Waals surface area contributed by atoms with Gasteiger partial charge in [0.15, 0.2) is 23.0 Å². The van der Waals surface area contributed by atoms with Crippen molar-refractivity contribution in [1.82, 2.24) is 0 Å². The zero-order valence-electron chi connectivity index (χ0n) is 21.2. The van der Waals surface area contributed by atoms with Gasteiger partial charge in [0.2, 0.25) is 12.5 Å². The zero-order valence-corrected chi connectivity index (χ0v) is 21.2. The minimum atomic E-state index is -0.719. The van der Waals surface area contributed by atoms with Crippen LogP contribution >= 0.6 is 0 Å². The van der Waals surface area contributed by atoms with Gasteiger partial charge in [-0.1, -0.05) is 0 Å². The number of carbonyl (C=O) groups is 2. The van der Waals surface area contributed by atoms with Gasteiger partial charge in [0.25, 0.3) is 0 Å². The minimum Gasteiger partial charge on any atom is -0.493 e. The third kappa shape index (κ3) is 3.77. The fourth-order valence-electron chi connectivity index (χ4n) is 5.24. The summed E-state index contributed by atoms with van der Waals surface area (Å²) in [5.74, 6) is 0.394. The quantitative estimate of drug-likeness (QED) is 0.566. The molecule has 5 rings (SSSR count). The second kappa shape index (κ2) is 8.80. The Hall–Kier alpha value is -3.62. The second-order valence-electron chi connectivity index (χ2n) is 10.2. The maximum atomic E-state index is 13.2. The lowest BCUT2D eigenvalue weighted by molar-refractivity contribution is -0.163. The average Bonchev–Trinajstić information content (AvgIpc) is 3.47. The number of carbonyl (C=O) groups excluding carboxylic acids is 2. The molecule has 2 aromatic carbocycles. The Morgan fingerprint density at radius 3 is 2.06 bits per heavy atom. The van der Waals surface area contributed by atoms with Crippen LogP contribution < -0.4 is 23.7 Å². The van der Waals surface area contributed by atoms with Crippen molar-refractivity contribution in [2.75, 3.05) is 34.7 Å². The molecule has 4 atom stereocenters. The van der Waals surface area contributed by atoms with Crippen molar-refractivity contribution >= 4 is 11.9 Å². The maximum absolute atomic E-state index is 13.2. The number of cyclic esters (lactones) is 1. The fraction of sp³-hybridized carbons (Fsp3) is 0.481. The van der Waals surface area contributed by atoms with Gasteiger partial charge < -0.3 is 33.2 Å². The van der Waals surface area contributed by atoms with E-state index >= 15 is 0 Å². The van der Waals surface area contributed by atoms with Gasteiger partial charge in [-0.2, -0.15) is 0 Å². The van der Waals surface area contributed by atoms with Gasteiger partial charge >= 0.3 is 11.9 Å². The molecule has 3 aliphatic rings. The number of hydrogen-bond donors (Lipinski definition) is 0. The van der Waals surface area contributed by atoms with Crippen LogP contribution in [0.2, 0.25) is 0 Å². The number of methoxy groups -OCH3 is 3. The Bertz CT molecular complexity index is 1190. The van der Waals surface area contributed by atoms with E-state index in [1.807, 2.05) is 24.3 Å². The molecule has 0 aromatic heterocycles. The highest BCUT2D eigenvalue weighted by Gasteiger charge is 2.54. The van der Waals surface area contributed by atoms with Crippen LogP contribution in [-0.2, 0) is 19.1 Å². The number of ether oxygens (including phenoxy) is 7. The lowest BCUT2D eigenvalue weighted by atomic mass is 9.66. The van der Waals surface area contributed by atoms with Gasteiger partial charge in [-0.3, -0.25) is 9.59 Å². The van der Waals surface area contributed by atoms with Crippen LogP contribution in [-0.4, -0.2) is 46.7 Å². The van der Waals surface area contributed by atoms with Crippen LogP contribution in [0.15, 0.2) is 24.3 Å². The molecule has 1 fully saturated rings. The summed E-state index contributed by atoms with van der Waals surface area (Å²) in [6, 6.07) is 7.39. The number of esters is 2. The van der Waals surface area contributed by atoms with Crippen molar-refractivity contribution in [2.45, 2.75) is 32.8 Å². The molecule has 9 heteroatoms. The predicted molar refractivity (Wildman–Crippen MR) is 127 cm³/mol. The molecule has 0 radical (unpaired) electrons. The van der Waals surface area contributed by atoms with Crippen molar-refractivity contribution in [1.29, 1.82) is 0 Å². The summed E-state index contributed by atoms with van der Waals surface area (Å²) in [4.78, 5) is 26.2. The Kier molecular flexibility index (Phi) is 5.89. The highest BCUT2D eigenvalue weighted by Crippen LogP contribution is 2.56. The summed E-state index contributed by atoms with van der Waals surface area (Å²) in [7, 11) is 4.63. The SMILES string of the molecule is COc1cc([C@@H]2c3cc4c(cc3[C@H](OC(=O)C(C)(C)C)[C@H]3COC(=O)[C@H]23)OCO4)cc(OC)c1OC. The van der Waals surface area contributed by atoms with Crippen LogP contribution in [0.25, 0.3) is 0 Å². The maximum Gasteiger partial charge on any atom is 0.311 e. The van der Waals surface area contributed by atoms with Crippen molar-refractivity contribution in [3.8, 4) is 28.7 Å². The second-order valence-corrected chi connectivity index (χ2v) is 10.2. The molecule has 9 nitrogen and oxygen atoms in total. The highest BCUT2D eigenvalue weighted by molar-refractivity contribution is 5.80. The van der Waals surface area contributed by atoms with E-state index in [1.54, 1.807) is 35.0 Å². The van der Waals surface area contributed by atoms with Gasteiger partial charge in [-0.05, 0) is 56.2 Å². The molecular formula is C27H30O9. The van der Waals surface area contributed by atoms with Gasteiger partial charge in [0, 0.05) is 17.4 Å². The van der Waals surface area contributed by atoms with E-state index in [0.717, 1.165) is 16.7 Å². The normalized spacial score (nSPS) is 23.9. The molecule has 0 bridgehead atoms. The number of benzene rings is 2. The summed E-state index contributed by atoms with van der Waals surface area (Å²) in [6.45, 7) is 5.62. The first kappa shape index (κ1) is 24.1. The van der Waals surface area contributed by atoms with E-state index in [1.165, 1.54) is 7.11 Å². The van der Waals surface area contributed by atoms with E-state index < -0.39 is 23.4 Å². The van der Waals surface area contributed by atoms with Gasteiger partial charge in [0.05, 0.1) is 39.3 Å². The lowest BCUT2D eigenvalue weighted by Gasteiger charge is -2.39. The molecule has 0 saturated carbocycles. The molecule has 36 heavy (non-hydrogen) atoms. The standard InChI is InChI=1S/C27H30O9/c1-27(2,3)26(29)36-23-15-10-18-17(34-12-35-18)9-14(15)21(22-16(23)11-33-25(22)28)13-7-19(30-4)24(32-6)20(8-13)31-5/h7-10,16,21-23H,11-12H2,1-6H3/t16-,21+,22-,23-/m0/s1. The van der Waals surface area contributed by atoms with Crippen molar-refractivity contribution in [2.24, 2.45) is 17.3 Å². The Labute approximate surface area is 209 Å². The monoisotopic (exact) mass is 498 g/mol. The minimum absolute atomic E-state index is 0.0917. The van der Waals surface area contributed by atoms with Crippen molar-refractivity contribution < 1.29 is 42.7 Å². The number of hydrogen-bond acceptors (Lipinski definition) is 9. The van der Waals surface area contributed by atoms with Gasteiger partial charge in [0.1, 0.15) is 6.10 Å². The molecule has 2 aliphatic heterocycles. The molecule has 0 spiro atoms. The molecule has 2 aromatic rings. The van der Waals surface area contributed by atoms with Crippen LogP contribution in [0, 0.1) is 17.3 Å². The third-order valence-corrected chi connectivity index (χ3v) is 7.01. The summed E-state index contributed by atoms with van der Waals surface area (Å²) in [6.07, 6.45) is -0.684. The molecule has 0 N–H and O–H groups in total. The molecule has 2 heterocycles. The van der Waals surface area contributed by atoms with E-state index in [2.05, 4.69) is 0 Å². The largest absolute Gasteiger partial charge is 0.493 e. The first-order valence-corrected chi connectivity index (χ1v) is 11.8. The Morgan fingerprint density at radius 2 is 1.50 bits per heavy atom. The molecule has 0 unspecified atom stereocenters. The molecule has 192 valence electrons. The van der Waals surface area contributed by atoms with Crippen molar-refractivity contribution in [3.05, 3.63) is 41.0 Å². The first-order valence-electron chi connectivity index (χ1n) is 11.8. The summed E-state index contributed by atoms with van der Waals surface area (Å²) >= 11 is 0. The smallest absolute Gasteiger partial charge is 0.311 e. The molecule has 0 amide bonds. The van der Waals surface area contributed by atoms with E-state index in [4.69, 9.17) is 33.2 Å². The molecule has 1 saturated heterocycles. The van der Waals surface area contributed by atoms with Crippen LogP contribution in [0.1, 0.15) is 49.5 Å². The van der Waals surface area contributed by atoms with E-state index in [-0.39, 0.29) is 31.3 Å². The van der Waals surface area contributed by atoms with Gasteiger partial charge in [-0.25, -0.2) is 0 Å². The number of rotatable bonds is 5. The van der Waals surface area contributed by atoms with Crippen LogP contribution in [0.4, 0.5) is 0 Å². The topological polar surface area (TPSA) is 98.8 Å². The number of fused-ring (bicyclic) bond motifs is 3. The van der Waals surface area contributed by atoms with E-state index in [9.17, 15) is 9.59 Å². The van der Waals surface area contributed by atoms with Crippen LogP contribution in [0.5, 0.6) is 28.7 Å². The first-order chi connectivity index (χ1) is 17.2. The van der Waals surface area contributed by atoms with Crippen molar-refractivity contribution in [3.63, 3.8) is 0 Å². The third-order valence-electron chi connectivity index (χ3n) is 7.01. The Balaban J connectivity index is 1.72. The zero-order chi connectivity index (χ0) is 25.8. The molecular weight excluding hydrogens is 468 g/mol.